The van der Waals surface area contributed by atoms with E-state index in [2.05, 4.69) is 13.5 Å². The molecule has 0 amide bonds. The minimum absolute atomic E-state index is 0.655. The SMILES string of the molecule is C=C/C=C(\CC)CN.CC.CC. The molecule has 0 aliphatic heterocycles. The van der Waals surface area contributed by atoms with E-state index in [0.29, 0.717) is 6.54 Å². The van der Waals surface area contributed by atoms with E-state index in [1.807, 2.05) is 33.8 Å². The minimum atomic E-state index is 0.655. The van der Waals surface area contributed by atoms with Crippen LogP contribution in [0.3, 0.4) is 0 Å². The highest BCUT2D eigenvalue weighted by atomic mass is 14.5. The second-order valence-corrected chi connectivity index (χ2v) is 1.62. The Morgan fingerprint density at radius 2 is 1.67 bits per heavy atom. The van der Waals surface area contributed by atoms with Crippen molar-refractivity contribution in [2.45, 2.75) is 41.0 Å². The maximum atomic E-state index is 5.35. The zero-order valence-corrected chi connectivity index (χ0v) is 9.35. The molecular weight excluding hydrogens is 146 g/mol. The largest absolute Gasteiger partial charge is 0.327 e. The molecule has 0 spiro atoms. The molecule has 0 aromatic carbocycles. The summed E-state index contributed by atoms with van der Waals surface area (Å²) in [6, 6.07) is 0. The van der Waals surface area contributed by atoms with Crippen molar-refractivity contribution in [3.8, 4) is 0 Å². The van der Waals surface area contributed by atoms with Gasteiger partial charge < -0.3 is 5.73 Å². The van der Waals surface area contributed by atoms with Crippen molar-refractivity contribution in [1.82, 2.24) is 0 Å². The van der Waals surface area contributed by atoms with Crippen molar-refractivity contribution < 1.29 is 0 Å². The standard InChI is InChI=1S/C7H13N.2C2H6/c1-3-5-7(4-2)6-8;2*1-2/h3,5H,1,4,6,8H2,2H3;2*1-2H3/b7-5+;;. The predicted octanol–water partition coefficient (Wildman–Crippen LogP) is 3.52. The Kier molecular flexibility index (Phi) is 32.7. The maximum absolute atomic E-state index is 5.35. The Morgan fingerprint density at radius 1 is 1.25 bits per heavy atom. The predicted molar refractivity (Wildman–Crippen MR) is 60.3 cm³/mol. The van der Waals surface area contributed by atoms with Gasteiger partial charge in [-0.3, -0.25) is 0 Å². The van der Waals surface area contributed by atoms with Gasteiger partial charge in [-0.1, -0.05) is 58.9 Å². The quantitative estimate of drug-likeness (QED) is 0.646. The molecule has 0 atom stereocenters. The summed E-state index contributed by atoms with van der Waals surface area (Å²) in [5.74, 6) is 0. The number of allylic oxidation sites excluding steroid dienone is 2. The molecule has 0 aliphatic carbocycles. The van der Waals surface area contributed by atoms with Gasteiger partial charge in [0, 0.05) is 6.54 Å². The van der Waals surface area contributed by atoms with E-state index in [0.717, 1.165) is 6.42 Å². The fourth-order valence-corrected chi connectivity index (χ4v) is 0.497. The third-order valence-corrected chi connectivity index (χ3v) is 1.07. The lowest BCUT2D eigenvalue weighted by molar-refractivity contribution is 1.01. The van der Waals surface area contributed by atoms with Gasteiger partial charge in [-0.2, -0.15) is 0 Å². The van der Waals surface area contributed by atoms with Gasteiger partial charge in [0.2, 0.25) is 0 Å². The fourth-order valence-electron chi connectivity index (χ4n) is 0.497. The first-order chi connectivity index (χ1) is 5.85. The molecule has 1 heteroatoms. The lowest BCUT2D eigenvalue weighted by Gasteiger charge is -1.94. The van der Waals surface area contributed by atoms with Gasteiger partial charge in [-0.25, -0.2) is 0 Å². The second-order valence-electron chi connectivity index (χ2n) is 1.62. The highest BCUT2D eigenvalue weighted by Crippen LogP contribution is 1.95. The lowest BCUT2D eigenvalue weighted by Crippen LogP contribution is -2.01. The summed E-state index contributed by atoms with van der Waals surface area (Å²) in [5.41, 5.74) is 6.60. The molecule has 0 aliphatic rings. The van der Waals surface area contributed by atoms with E-state index >= 15 is 0 Å². The van der Waals surface area contributed by atoms with E-state index in [1.54, 1.807) is 6.08 Å². The lowest BCUT2D eigenvalue weighted by atomic mass is 10.2. The van der Waals surface area contributed by atoms with Crippen LogP contribution in [0.25, 0.3) is 0 Å². The fraction of sp³-hybridized carbons (Fsp3) is 0.636. The summed E-state index contributed by atoms with van der Waals surface area (Å²) in [4.78, 5) is 0. The van der Waals surface area contributed by atoms with E-state index in [9.17, 15) is 0 Å². The Labute approximate surface area is 78.4 Å². The van der Waals surface area contributed by atoms with Crippen LogP contribution < -0.4 is 5.73 Å². The Hall–Kier alpha value is -0.560. The minimum Gasteiger partial charge on any atom is -0.327 e. The smallest absolute Gasteiger partial charge is 0.0139 e. The van der Waals surface area contributed by atoms with Crippen LogP contribution in [0.4, 0.5) is 0 Å². The van der Waals surface area contributed by atoms with Crippen LogP contribution in [-0.4, -0.2) is 6.54 Å². The zero-order chi connectivity index (χ0) is 10.4. The number of hydrogen-bond acceptors (Lipinski definition) is 1. The molecule has 0 fully saturated rings. The molecule has 0 unspecified atom stereocenters. The van der Waals surface area contributed by atoms with Crippen molar-refractivity contribution in [3.63, 3.8) is 0 Å². The molecule has 74 valence electrons. The monoisotopic (exact) mass is 171 g/mol. The average Bonchev–Trinajstić information content (AvgIpc) is 2.20. The maximum Gasteiger partial charge on any atom is 0.0139 e. The van der Waals surface area contributed by atoms with Crippen molar-refractivity contribution in [1.29, 1.82) is 0 Å². The van der Waals surface area contributed by atoms with Gasteiger partial charge in [-0.05, 0) is 6.42 Å². The van der Waals surface area contributed by atoms with Gasteiger partial charge >= 0.3 is 0 Å². The Bertz CT molecular complexity index is 87.2. The van der Waals surface area contributed by atoms with Crippen LogP contribution in [0.5, 0.6) is 0 Å². The van der Waals surface area contributed by atoms with Crippen LogP contribution in [0.15, 0.2) is 24.3 Å². The topological polar surface area (TPSA) is 26.0 Å². The molecule has 0 radical (unpaired) electrons. The van der Waals surface area contributed by atoms with Gasteiger partial charge in [0.05, 0.1) is 0 Å². The highest BCUT2D eigenvalue weighted by molar-refractivity contribution is 5.10. The van der Waals surface area contributed by atoms with Crippen LogP contribution in [0.1, 0.15) is 41.0 Å². The van der Waals surface area contributed by atoms with Crippen LogP contribution in [0.2, 0.25) is 0 Å². The number of rotatable bonds is 3. The van der Waals surface area contributed by atoms with E-state index in [-0.39, 0.29) is 0 Å². The van der Waals surface area contributed by atoms with E-state index < -0.39 is 0 Å². The van der Waals surface area contributed by atoms with Gasteiger partial charge in [-0.15, -0.1) is 0 Å². The van der Waals surface area contributed by atoms with Crippen LogP contribution in [0, 0.1) is 0 Å². The van der Waals surface area contributed by atoms with Crippen molar-refractivity contribution in [2.75, 3.05) is 6.54 Å². The van der Waals surface area contributed by atoms with Crippen LogP contribution >= 0.6 is 0 Å². The number of nitrogens with two attached hydrogens (primary N) is 1. The first-order valence-corrected chi connectivity index (χ1v) is 4.85. The highest BCUT2D eigenvalue weighted by Gasteiger charge is 1.83. The summed E-state index contributed by atoms with van der Waals surface area (Å²) in [5, 5.41) is 0. The first-order valence-electron chi connectivity index (χ1n) is 4.85. The van der Waals surface area contributed by atoms with Crippen molar-refractivity contribution in [3.05, 3.63) is 24.3 Å². The molecule has 0 saturated carbocycles. The molecule has 12 heavy (non-hydrogen) atoms. The molecule has 0 bridgehead atoms. The Balaban J connectivity index is -0.000000175. The molecule has 0 aromatic heterocycles. The van der Waals surface area contributed by atoms with E-state index in [4.69, 9.17) is 5.73 Å². The molecule has 0 aromatic rings. The van der Waals surface area contributed by atoms with Gasteiger partial charge in [0.25, 0.3) is 0 Å². The molecular formula is C11H25N. The third kappa shape index (κ3) is 16.2. The zero-order valence-electron chi connectivity index (χ0n) is 9.35. The Morgan fingerprint density at radius 3 is 1.75 bits per heavy atom. The average molecular weight is 171 g/mol. The summed E-state index contributed by atoms with van der Waals surface area (Å²) >= 11 is 0. The van der Waals surface area contributed by atoms with Gasteiger partial charge in [0.1, 0.15) is 0 Å². The molecule has 2 N–H and O–H groups in total. The second kappa shape index (κ2) is 22.4. The molecule has 1 nitrogen and oxygen atoms in total. The third-order valence-electron chi connectivity index (χ3n) is 1.07. The van der Waals surface area contributed by atoms with Gasteiger partial charge in [0.15, 0.2) is 0 Å². The van der Waals surface area contributed by atoms with E-state index in [1.165, 1.54) is 5.57 Å². The summed E-state index contributed by atoms with van der Waals surface area (Å²) in [7, 11) is 0. The number of hydrogen-bond donors (Lipinski definition) is 1. The molecule has 0 heterocycles. The summed E-state index contributed by atoms with van der Waals surface area (Å²) in [6.07, 6.45) is 4.76. The summed E-state index contributed by atoms with van der Waals surface area (Å²) in [6.45, 7) is 14.3. The normalized spacial score (nSPS) is 8.67. The van der Waals surface area contributed by atoms with Crippen molar-refractivity contribution in [2.24, 2.45) is 5.73 Å². The first kappa shape index (κ1) is 17.5. The molecule has 0 saturated heterocycles. The molecule has 0 rings (SSSR count). The summed E-state index contributed by atoms with van der Waals surface area (Å²) < 4.78 is 0. The van der Waals surface area contributed by atoms with Crippen LogP contribution in [-0.2, 0) is 0 Å². The van der Waals surface area contributed by atoms with Crippen molar-refractivity contribution >= 4 is 0 Å².